The fraction of sp³-hybridized carbons (Fsp3) is 0.434. The maximum atomic E-state index is 14.5. The largest absolute Gasteiger partial charge is 0.459 e. The summed E-state index contributed by atoms with van der Waals surface area (Å²) in [5.41, 5.74) is 4.67. The Morgan fingerprint density at radius 2 is 1.63 bits per heavy atom. The fourth-order valence-corrected chi connectivity index (χ4v) is 9.76. The predicted molar refractivity (Wildman–Crippen MR) is 252 cm³/mol. The van der Waals surface area contributed by atoms with Gasteiger partial charge < -0.3 is 34.0 Å². The number of carbonyl (C=O) groups excluding carboxylic acids is 1. The summed E-state index contributed by atoms with van der Waals surface area (Å²) in [5, 5.41) is 24.9. The Hall–Kier alpha value is -5.20. The minimum Gasteiger partial charge on any atom is -0.459 e. The molecule has 1 aliphatic heterocycles. The number of ether oxygens (including phenoxy) is 4. The number of nitrogens with zero attached hydrogens (tertiary/aromatic N) is 2. The Labute approximate surface area is 387 Å². The highest BCUT2D eigenvalue weighted by atomic mass is 35.5. The number of halogens is 2. The van der Waals surface area contributed by atoms with Crippen molar-refractivity contribution in [2.24, 2.45) is 22.9 Å². The number of unbranched alkanes of at least 4 members (excludes halogenated alkanes) is 2. The van der Waals surface area contributed by atoms with Gasteiger partial charge in [0, 0.05) is 37.7 Å². The molecule has 3 aliphatic rings. The number of oxime groups is 1. The van der Waals surface area contributed by atoms with Gasteiger partial charge in [-0.15, -0.1) is 18.2 Å². The maximum Gasteiger partial charge on any atom is 0.410 e. The van der Waals surface area contributed by atoms with Crippen LogP contribution in [-0.2, 0) is 20.9 Å². The molecule has 1 saturated carbocycles. The summed E-state index contributed by atoms with van der Waals surface area (Å²) in [6.07, 6.45) is 7.91. The van der Waals surface area contributed by atoms with E-state index in [9.17, 15) is 19.4 Å². The van der Waals surface area contributed by atoms with Crippen LogP contribution in [0.5, 0.6) is 17.2 Å². The lowest BCUT2D eigenvalue weighted by molar-refractivity contribution is -0.256. The average molecular weight is 910 g/mol. The van der Waals surface area contributed by atoms with Crippen LogP contribution in [0.25, 0.3) is 11.1 Å². The number of benzene rings is 4. The first-order valence-electron chi connectivity index (χ1n) is 22.8. The maximum absolute atomic E-state index is 14.5. The molecule has 6 atom stereocenters. The van der Waals surface area contributed by atoms with Crippen LogP contribution in [0, 0.1) is 23.6 Å². The van der Waals surface area contributed by atoms with E-state index >= 15 is 0 Å². The van der Waals surface area contributed by atoms with E-state index < -0.39 is 35.3 Å². The highest BCUT2D eigenvalue weighted by Crippen LogP contribution is 2.62. The molecule has 0 spiro atoms. The van der Waals surface area contributed by atoms with E-state index in [1.54, 1.807) is 23.1 Å². The number of aliphatic hydroxyl groups excluding tert-OH is 2. The van der Waals surface area contributed by atoms with E-state index in [2.05, 4.69) is 30.9 Å². The van der Waals surface area contributed by atoms with Gasteiger partial charge in [-0.1, -0.05) is 84.7 Å². The van der Waals surface area contributed by atoms with Crippen molar-refractivity contribution in [3.63, 3.8) is 0 Å². The fourth-order valence-electron chi connectivity index (χ4n) is 9.68. The predicted octanol–water partition coefficient (Wildman–Crippen LogP) is 11.6. The minimum absolute atomic E-state index is 0.000961. The van der Waals surface area contributed by atoms with Gasteiger partial charge in [-0.2, -0.15) is 0 Å². The number of allylic oxidation sites excluding steroid dienone is 1. The van der Waals surface area contributed by atoms with Crippen molar-refractivity contribution in [1.82, 2.24) is 4.90 Å². The van der Waals surface area contributed by atoms with Crippen LogP contribution in [0.2, 0.25) is 0 Å². The van der Waals surface area contributed by atoms with Gasteiger partial charge in [0.1, 0.15) is 41.3 Å². The summed E-state index contributed by atoms with van der Waals surface area (Å²) in [5.74, 6) is -0.757. The number of carbonyl (C=O) groups is 1. The van der Waals surface area contributed by atoms with Crippen LogP contribution in [0.3, 0.4) is 0 Å². The van der Waals surface area contributed by atoms with Gasteiger partial charge in [-0.05, 0) is 123 Å². The number of alkyl halides is 1. The zero-order chi connectivity index (χ0) is 46.0. The van der Waals surface area contributed by atoms with E-state index in [1.165, 1.54) is 12.1 Å². The van der Waals surface area contributed by atoms with Gasteiger partial charge in [0.2, 0.25) is 5.79 Å². The lowest BCUT2D eigenvalue weighted by Crippen LogP contribution is -2.70. The van der Waals surface area contributed by atoms with Crippen LogP contribution >= 0.6 is 11.6 Å². The molecule has 0 aromatic heterocycles. The van der Waals surface area contributed by atoms with E-state index in [0.717, 1.165) is 47.9 Å². The SMILES string of the molecule is C=CCO[C@@]12Oc3ccc(Oc4ccc(-c5ccccc5)cc4)cc3[C@H]3[C@H](CCCCO)[C@@H](CCCCO)C=C(C(=NOC(C)(C)C)C[C@@H]1N(Cc1ccc(F)cc1)C(=O)OCCCl)[C@H]32. The molecule has 1 amide bonds. The Balaban J connectivity index is 1.43. The second kappa shape index (κ2) is 21.9. The van der Waals surface area contributed by atoms with Crippen molar-refractivity contribution in [3.05, 3.63) is 138 Å². The first-order chi connectivity index (χ1) is 31.5. The number of hydrogen-bond donors (Lipinski definition) is 2. The molecule has 12 heteroatoms. The molecule has 0 radical (unpaired) electrons. The highest BCUT2D eigenvalue weighted by Gasteiger charge is 2.65. The molecule has 10 nitrogen and oxygen atoms in total. The molecule has 7 rings (SSSR count). The van der Waals surface area contributed by atoms with E-state index in [-0.39, 0.29) is 63.0 Å². The number of fused-ring (bicyclic) bond motifs is 2. The second-order valence-electron chi connectivity index (χ2n) is 18.0. The number of amides is 1. The van der Waals surface area contributed by atoms with E-state index in [0.29, 0.717) is 41.4 Å². The van der Waals surface area contributed by atoms with Gasteiger partial charge in [0.15, 0.2) is 0 Å². The molecular weight excluding hydrogens is 847 g/mol. The summed E-state index contributed by atoms with van der Waals surface area (Å²) < 4.78 is 41.2. The Morgan fingerprint density at radius 3 is 2.31 bits per heavy atom. The lowest BCUT2D eigenvalue weighted by atomic mass is 9.55. The van der Waals surface area contributed by atoms with Crippen molar-refractivity contribution in [2.75, 3.05) is 32.3 Å². The standard InChI is InChI=1S/C53H62ClFN2O8/c1-5-30-62-53-48(57(51(60)61-31-27-54)35-36-17-21-40(55)22-18-36)34-46(56-65-52(2,3)4)44-32-39(15-9-11-28-58)43(16-10-12-29-59)49(50(44)53)45-33-42(25-26-47(45)64-53)63-41-23-19-38(20-24-41)37-13-7-6-8-14-37/h5-8,13-14,17-26,32-33,39,43,48-50,58-59H,1,9-12,15-16,27-31,34-35H2,2-4H3/t39-,43+,48-,49+,50+,53+/m0/s1. The van der Waals surface area contributed by atoms with Crippen LogP contribution < -0.4 is 9.47 Å². The Kier molecular flexibility index (Phi) is 16.1. The minimum atomic E-state index is -1.53. The summed E-state index contributed by atoms with van der Waals surface area (Å²) >= 11 is 6.09. The molecule has 0 bridgehead atoms. The summed E-state index contributed by atoms with van der Waals surface area (Å²) in [6.45, 7) is 10.1. The molecule has 0 unspecified atom stereocenters. The van der Waals surface area contributed by atoms with Crippen LogP contribution in [-0.4, -0.2) is 76.7 Å². The number of aliphatic hydroxyl groups is 2. The van der Waals surface area contributed by atoms with Gasteiger partial charge in [-0.25, -0.2) is 9.18 Å². The van der Waals surface area contributed by atoms with Gasteiger partial charge >= 0.3 is 6.09 Å². The van der Waals surface area contributed by atoms with Gasteiger partial charge in [-0.3, -0.25) is 4.90 Å². The first-order valence-corrected chi connectivity index (χ1v) is 23.4. The topological polar surface area (TPSA) is 119 Å². The van der Waals surface area contributed by atoms with Crippen molar-refractivity contribution in [2.45, 2.75) is 95.6 Å². The van der Waals surface area contributed by atoms with Crippen LogP contribution in [0.1, 0.15) is 82.8 Å². The Bertz CT molecular complexity index is 2260. The summed E-state index contributed by atoms with van der Waals surface area (Å²) in [4.78, 5) is 22.4. The Morgan fingerprint density at radius 1 is 0.938 bits per heavy atom. The third-order valence-electron chi connectivity index (χ3n) is 12.5. The molecular formula is C53H62ClFN2O8. The molecule has 1 fully saturated rings. The molecule has 2 N–H and O–H groups in total. The van der Waals surface area contributed by atoms with Gasteiger partial charge in [0.05, 0.1) is 24.1 Å². The average Bonchev–Trinajstić information content (AvgIpc) is 3.30. The molecule has 346 valence electrons. The molecule has 1 heterocycles. The zero-order valence-corrected chi connectivity index (χ0v) is 38.4. The summed E-state index contributed by atoms with van der Waals surface area (Å²) in [7, 11) is 0. The van der Waals surface area contributed by atoms with E-state index in [4.69, 9.17) is 40.5 Å². The normalized spacial score (nSPS) is 22.8. The molecule has 65 heavy (non-hydrogen) atoms. The van der Waals surface area contributed by atoms with Crippen LogP contribution in [0.4, 0.5) is 9.18 Å². The monoisotopic (exact) mass is 908 g/mol. The number of hydrogen-bond acceptors (Lipinski definition) is 9. The van der Waals surface area contributed by atoms with E-state index in [1.807, 2.05) is 75.4 Å². The smallest absolute Gasteiger partial charge is 0.410 e. The van der Waals surface area contributed by atoms with Crippen molar-refractivity contribution in [1.29, 1.82) is 0 Å². The third kappa shape index (κ3) is 11.3. The number of rotatable bonds is 20. The molecule has 4 aromatic carbocycles. The van der Waals surface area contributed by atoms with Crippen molar-refractivity contribution in [3.8, 4) is 28.4 Å². The van der Waals surface area contributed by atoms with Gasteiger partial charge in [0.25, 0.3) is 0 Å². The lowest BCUT2D eigenvalue weighted by Gasteiger charge is -2.60. The highest BCUT2D eigenvalue weighted by molar-refractivity contribution is 6.18. The zero-order valence-electron chi connectivity index (χ0n) is 37.7. The van der Waals surface area contributed by atoms with Crippen LogP contribution in [0.15, 0.2) is 127 Å². The second-order valence-corrected chi connectivity index (χ2v) is 18.4. The first kappa shape index (κ1) is 47.8. The quantitative estimate of drug-likeness (QED) is 0.0389. The third-order valence-corrected chi connectivity index (χ3v) is 12.6. The van der Waals surface area contributed by atoms with Crippen molar-refractivity contribution >= 4 is 23.4 Å². The summed E-state index contributed by atoms with van der Waals surface area (Å²) in [6, 6.07) is 29.2. The molecule has 0 saturated heterocycles. The molecule has 4 aromatic rings. The van der Waals surface area contributed by atoms with Crippen molar-refractivity contribution < 1.29 is 43.2 Å². The molecule has 2 aliphatic carbocycles.